The van der Waals surface area contributed by atoms with Crippen molar-refractivity contribution < 1.29 is 0 Å². The Hall–Kier alpha value is -3.11. The van der Waals surface area contributed by atoms with E-state index in [1.807, 2.05) is 6.07 Å². The number of fused-ring (bicyclic) bond motifs is 2. The Bertz CT molecular complexity index is 1070. The molecule has 28 heavy (non-hydrogen) atoms. The second kappa shape index (κ2) is 8.72. The molecule has 142 valence electrons. The zero-order valence-corrected chi connectivity index (χ0v) is 16.2. The first-order valence-corrected chi connectivity index (χ1v) is 9.84. The molecule has 4 nitrogen and oxygen atoms in total. The van der Waals surface area contributed by atoms with Crippen LogP contribution in [0.25, 0.3) is 21.7 Å². The number of nitrogens with one attached hydrogen (secondary N) is 3. The van der Waals surface area contributed by atoms with Gasteiger partial charge in [0.1, 0.15) is 5.82 Å². The topological polar surface area (TPSA) is 49.0 Å². The van der Waals surface area contributed by atoms with E-state index in [4.69, 9.17) is 0 Å². The first-order chi connectivity index (χ1) is 13.8. The fourth-order valence-electron chi connectivity index (χ4n) is 3.51. The van der Waals surface area contributed by atoms with E-state index in [1.54, 1.807) is 0 Å². The van der Waals surface area contributed by atoms with Gasteiger partial charge in [0.2, 0.25) is 0 Å². The summed E-state index contributed by atoms with van der Waals surface area (Å²) in [5.74, 6) is 0.937. The fourth-order valence-corrected chi connectivity index (χ4v) is 3.51. The number of hydrogen-bond donors (Lipinski definition) is 3. The van der Waals surface area contributed by atoms with Crippen molar-refractivity contribution in [2.24, 2.45) is 0 Å². The molecule has 0 radical (unpaired) electrons. The minimum atomic E-state index is 0.846. The molecule has 0 saturated heterocycles. The van der Waals surface area contributed by atoms with Crippen LogP contribution in [0.1, 0.15) is 5.56 Å². The maximum Gasteiger partial charge on any atom is 0.126 e. The highest BCUT2D eigenvalue weighted by molar-refractivity contribution is 5.93. The Morgan fingerprint density at radius 1 is 0.714 bits per heavy atom. The van der Waals surface area contributed by atoms with Crippen molar-refractivity contribution in [3.8, 4) is 0 Å². The van der Waals surface area contributed by atoms with E-state index >= 15 is 0 Å². The first kappa shape index (κ1) is 18.3. The van der Waals surface area contributed by atoms with Crippen LogP contribution in [0.15, 0.2) is 72.8 Å². The number of hydrogen-bond acceptors (Lipinski definition) is 4. The summed E-state index contributed by atoms with van der Waals surface area (Å²) in [6, 6.07) is 25.2. The van der Waals surface area contributed by atoms with Crippen LogP contribution < -0.4 is 16.0 Å². The molecular formula is C24H26N4. The Morgan fingerprint density at radius 3 is 2.32 bits per heavy atom. The standard InChI is InChI=1S/C24H26N4/c1-18-17-24(28-23-11-5-4-9-20(18)23)27-16-14-25-13-15-26-22-12-6-8-19-7-2-3-10-21(19)22/h2-12,17,25-26H,13-16H2,1H3,(H,27,28). The highest BCUT2D eigenvalue weighted by Gasteiger charge is 2.02. The van der Waals surface area contributed by atoms with Crippen LogP contribution in [0.2, 0.25) is 0 Å². The average molecular weight is 371 g/mol. The predicted molar refractivity (Wildman–Crippen MR) is 120 cm³/mol. The molecule has 1 aromatic heterocycles. The Kier molecular flexibility index (Phi) is 5.69. The van der Waals surface area contributed by atoms with Gasteiger partial charge >= 0.3 is 0 Å². The molecule has 1 heterocycles. The van der Waals surface area contributed by atoms with E-state index in [0.717, 1.165) is 37.5 Å². The van der Waals surface area contributed by atoms with Crippen LogP contribution in [0.5, 0.6) is 0 Å². The third-order valence-corrected chi connectivity index (χ3v) is 4.94. The Morgan fingerprint density at radius 2 is 1.43 bits per heavy atom. The van der Waals surface area contributed by atoms with E-state index in [2.05, 4.69) is 94.6 Å². The third-order valence-electron chi connectivity index (χ3n) is 4.94. The smallest absolute Gasteiger partial charge is 0.126 e. The van der Waals surface area contributed by atoms with Crippen molar-refractivity contribution in [3.63, 3.8) is 0 Å². The monoisotopic (exact) mass is 370 g/mol. The van der Waals surface area contributed by atoms with Crippen molar-refractivity contribution in [3.05, 3.63) is 78.4 Å². The van der Waals surface area contributed by atoms with Crippen molar-refractivity contribution in [1.29, 1.82) is 0 Å². The molecule has 4 heteroatoms. The van der Waals surface area contributed by atoms with E-state index in [9.17, 15) is 0 Å². The van der Waals surface area contributed by atoms with E-state index in [0.29, 0.717) is 0 Å². The Labute approximate surface area is 166 Å². The molecule has 0 fully saturated rings. The molecular weight excluding hydrogens is 344 g/mol. The van der Waals surface area contributed by atoms with Gasteiger partial charge in [0.05, 0.1) is 5.52 Å². The molecule has 0 saturated carbocycles. The number of benzene rings is 3. The highest BCUT2D eigenvalue weighted by Crippen LogP contribution is 2.22. The summed E-state index contributed by atoms with van der Waals surface area (Å²) in [6.45, 7) is 5.67. The number of pyridine rings is 1. The zero-order chi connectivity index (χ0) is 19.2. The van der Waals surface area contributed by atoms with Gasteiger partial charge in [-0.15, -0.1) is 0 Å². The van der Waals surface area contributed by atoms with Gasteiger partial charge in [-0.2, -0.15) is 0 Å². The van der Waals surface area contributed by atoms with Gasteiger partial charge in [-0.3, -0.25) is 0 Å². The molecule has 4 rings (SSSR count). The molecule has 3 N–H and O–H groups in total. The van der Waals surface area contributed by atoms with Gasteiger partial charge in [-0.05, 0) is 36.1 Å². The fraction of sp³-hybridized carbons (Fsp3) is 0.208. The highest BCUT2D eigenvalue weighted by atomic mass is 15.0. The number of aromatic nitrogens is 1. The van der Waals surface area contributed by atoms with Gasteiger partial charge in [-0.1, -0.05) is 54.6 Å². The van der Waals surface area contributed by atoms with Crippen molar-refractivity contribution >= 4 is 33.2 Å². The zero-order valence-electron chi connectivity index (χ0n) is 16.2. The molecule has 0 aliphatic heterocycles. The quantitative estimate of drug-likeness (QED) is 0.390. The SMILES string of the molecule is Cc1cc(NCCNCCNc2cccc3ccccc23)nc2ccccc12. The van der Waals surface area contributed by atoms with Crippen molar-refractivity contribution in [2.45, 2.75) is 6.92 Å². The molecule has 0 amide bonds. The number of anilines is 2. The van der Waals surface area contributed by atoms with E-state index < -0.39 is 0 Å². The van der Waals surface area contributed by atoms with E-state index in [1.165, 1.54) is 27.4 Å². The van der Waals surface area contributed by atoms with Crippen LogP contribution in [0.4, 0.5) is 11.5 Å². The van der Waals surface area contributed by atoms with Gasteiger partial charge in [0, 0.05) is 42.6 Å². The second-order valence-electron chi connectivity index (χ2n) is 6.97. The first-order valence-electron chi connectivity index (χ1n) is 9.84. The normalized spacial score (nSPS) is 11.0. The number of aryl methyl sites for hydroxylation is 1. The number of para-hydroxylation sites is 1. The average Bonchev–Trinajstić information content (AvgIpc) is 2.73. The van der Waals surface area contributed by atoms with Crippen molar-refractivity contribution in [1.82, 2.24) is 10.3 Å². The molecule has 3 aromatic carbocycles. The van der Waals surface area contributed by atoms with Crippen LogP contribution in [0, 0.1) is 6.92 Å². The maximum atomic E-state index is 4.69. The van der Waals surface area contributed by atoms with Crippen LogP contribution >= 0.6 is 0 Å². The molecule has 0 unspecified atom stereocenters. The molecule has 0 bridgehead atoms. The lowest BCUT2D eigenvalue weighted by molar-refractivity contribution is 0.718. The minimum absolute atomic E-state index is 0.846. The minimum Gasteiger partial charge on any atom is -0.383 e. The number of nitrogens with zero attached hydrogens (tertiary/aromatic N) is 1. The Balaban J connectivity index is 1.21. The summed E-state index contributed by atoms with van der Waals surface area (Å²) in [6.07, 6.45) is 0. The van der Waals surface area contributed by atoms with Crippen LogP contribution in [-0.4, -0.2) is 31.2 Å². The van der Waals surface area contributed by atoms with Gasteiger partial charge < -0.3 is 16.0 Å². The predicted octanol–water partition coefficient (Wildman–Crippen LogP) is 4.81. The third kappa shape index (κ3) is 4.24. The maximum absolute atomic E-state index is 4.69. The summed E-state index contributed by atoms with van der Waals surface area (Å²) < 4.78 is 0. The summed E-state index contributed by atoms with van der Waals surface area (Å²) >= 11 is 0. The van der Waals surface area contributed by atoms with Gasteiger partial charge in [0.15, 0.2) is 0 Å². The lowest BCUT2D eigenvalue weighted by atomic mass is 10.1. The molecule has 0 atom stereocenters. The largest absolute Gasteiger partial charge is 0.383 e. The second-order valence-corrected chi connectivity index (χ2v) is 6.97. The van der Waals surface area contributed by atoms with E-state index in [-0.39, 0.29) is 0 Å². The molecule has 0 aliphatic rings. The molecule has 4 aromatic rings. The van der Waals surface area contributed by atoms with Crippen LogP contribution in [-0.2, 0) is 0 Å². The van der Waals surface area contributed by atoms with Crippen LogP contribution in [0.3, 0.4) is 0 Å². The number of rotatable bonds is 8. The van der Waals surface area contributed by atoms with Gasteiger partial charge in [0.25, 0.3) is 0 Å². The summed E-state index contributed by atoms with van der Waals surface area (Å²) in [5, 5.41) is 14.2. The lowest BCUT2D eigenvalue weighted by Crippen LogP contribution is -2.27. The summed E-state index contributed by atoms with van der Waals surface area (Å²) in [5.41, 5.74) is 3.48. The lowest BCUT2D eigenvalue weighted by Gasteiger charge is -2.12. The molecule has 0 aliphatic carbocycles. The molecule has 0 spiro atoms. The summed E-state index contributed by atoms with van der Waals surface area (Å²) in [7, 11) is 0. The van der Waals surface area contributed by atoms with Crippen molar-refractivity contribution in [2.75, 3.05) is 36.8 Å². The van der Waals surface area contributed by atoms with Gasteiger partial charge in [-0.25, -0.2) is 4.98 Å². The summed E-state index contributed by atoms with van der Waals surface area (Å²) in [4.78, 5) is 4.69.